The highest BCUT2D eigenvalue weighted by Crippen LogP contribution is 2.26. The van der Waals surface area contributed by atoms with Gasteiger partial charge < -0.3 is 19.5 Å². The van der Waals surface area contributed by atoms with Crippen LogP contribution in [0.5, 0.6) is 17.2 Å². The lowest BCUT2D eigenvalue weighted by atomic mass is 10.2. The van der Waals surface area contributed by atoms with Crippen LogP contribution in [0.3, 0.4) is 0 Å². The van der Waals surface area contributed by atoms with E-state index in [0.717, 1.165) is 28.5 Å². The molecule has 2 aromatic carbocycles. The van der Waals surface area contributed by atoms with Gasteiger partial charge in [-0.1, -0.05) is 12.1 Å². The minimum Gasteiger partial charge on any atom is -0.497 e. The average molecular weight is 287 g/mol. The number of hydrogen-bond acceptors (Lipinski definition) is 4. The summed E-state index contributed by atoms with van der Waals surface area (Å²) in [7, 11) is 3.30. The number of methoxy groups -OCH3 is 2. The Balaban J connectivity index is 2.12. The number of rotatable bonds is 7. The lowest BCUT2D eigenvalue weighted by Gasteiger charge is -2.13. The van der Waals surface area contributed by atoms with Crippen molar-refractivity contribution in [3.8, 4) is 17.2 Å². The van der Waals surface area contributed by atoms with Crippen molar-refractivity contribution in [2.45, 2.75) is 13.5 Å². The fourth-order valence-corrected chi connectivity index (χ4v) is 2.06. The second-order valence-electron chi connectivity index (χ2n) is 4.50. The maximum Gasteiger partial charge on any atom is 0.142 e. The monoisotopic (exact) mass is 287 g/mol. The van der Waals surface area contributed by atoms with E-state index in [1.807, 2.05) is 49.4 Å². The third-order valence-corrected chi connectivity index (χ3v) is 3.08. The summed E-state index contributed by atoms with van der Waals surface area (Å²) in [5.41, 5.74) is 2.05. The standard InChI is InChI=1S/C17H21NO3/c1-4-21-17-8-6-5-7-16(17)18-12-13-9-14(19-2)11-15(10-13)20-3/h5-11,18H,4,12H2,1-3H3. The molecular weight excluding hydrogens is 266 g/mol. The molecule has 0 radical (unpaired) electrons. The molecule has 0 bridgehead atoms. The number of nitrogens with one attached hydrogen (secondary N) is 1. The first-order valence-corrected chi connectivity index (χ1v) is 6.94. The van der Waals surface area contributed by atoms with E-state index in [4.69, 9.17) is 14.2 Å². The summed E-state index contributed by atoms with van der Waals surface area (Å²) in [4.78, 5) is 0. The Kier molecular flexibility index (Phi) is 5.32. The highest BCUT2D eigenvalue weighted by Gasteiger charge is 2.05. The van der Waals surface area contributed by atoms with Crippen LogP contribution in [0.2, 0.25) is 0 Å². The molecule has 2 aromatic rings. The van der Waals surface area contributed by atoms with Crippen molar-refractivity contribution < 1.29 is 14.2 Å². The molecule has 4 heteroatoms. The molecule has 0 heterocycles. The minimum atomic E-state index is 0.645. The Hall–Kier alpha value is -2.36. The van der Waals surface area contributed by atoms with Crippen molar-refractivity contribution in [1.82, 2.24) is 0 Å². The largest absolute Gasteiger partial charge is 0.497 e. The van der Waals surface area contributed by atoms with Gasteiger partial charge in [0.2, 0.25) is 0 Å². The zero-order chi connectivity index (χ0) is 15.1. The van der Waals surface area contributed by atoms with Crippen LogP contribution in [-0.4, -0.2) is 20.8 Å². The molecule has 0 spiro atoms. The van der Waals surface area contributed by atoms with Gasteiger partial charge in [0.15, 0.2) is 0 Å². The van der Waals surface area contributed by atoms with E-state index in [9.17, 15) is 0 Å². The number of hydrogen-bond donors (Lipinski definition) is 1. The van der Waals surface area contributed by atoms with Crippen molar-refractivity contribution in [1.29, 1.82) is 0 Å². The number of ether oxygens (including phenoxy) is 3. The average Bonchev–Trinajstić information content (AvgIpc) is 2.54. The van der Waals surface area contributed by atoms with E-state index in [0.29, 0.717) is 13.2 Å². The van der Waals surface area contributed by atoms with Crippen molar-refractivity contribution in [3.63, 3.8) is 0 Å². The SMILES string of the molecule is CCOc1ccccc1NCc1cc(OC)cc(OC)c1. The van der Waals surface area contributed by atoms with Gasteiger partial charge in [-0.3, -0.25) is 0 Å². The molecule has 0 unspecified atom stereocenters. The zero-order valence-corrected chi connectivity index (χ0v) is 12.7. The van der Waals surface area contributed by atoms with Crippen molar-refractivity contribution in [2.24, 2.45) is 0 Å². The summed E-state index contributed by atoms with van der Waals surface area (Å²) in [6.07, 6.45) is 0. The third kappa shape index (κ3) is 4.05. The highest BCUT2D eigenvalue weighted by atomic mass is 16.5. The molecule has 112 valence electrons. The van der Waals surface area contributed by atoms with Crippen LogP contribution >= 0.6 is 0 Å². The Morgan fingerprint density at radius 1 is 0.952 bits per heavy atom. The van der Waals surface area contributed by atoms with Crippen LogP contribution in [0.25, 0.3) is 0 Å². The summed E-state index contributed by atoms with van der Waals surface area (Å²) >= 11 is 0. The Bertz CT molecular complexity index is 562. The number of anilines is 1. The van der Waals surface area contributed by atoms with Crippen molar-refractivity contribution in [2.75, 3.05) is 26.1 Å². The summed E-state index contributed by atoms with van der Waals surface area (Å²) in [5, 5.41) is 3.38. The molecule has 2 rings (SSSR count). The van der Waals surface area contributed by atoms with Gasteiger partial charge in [-0.05, 0) is 36.8 Å². The van der Waals surface area contributed by atoms with Crippen LogP contribution in [0.1, 0.15) is 12.5 Å². The van der Waals surface area contributed by atoms with E-state index < -0.39 is 0 Å². The van der Waals surface area contributed by atoms with Crippen LogP contribution in [0.4, 0.5) is 5.69 Å². The van der Waals surface area contributed by atoms with Crippen LogP contribution in [-0.2, 0) is 6.54 Å². The molecule has 0 aliphatic heterocycles. The summed E-state index contributed by atoms with van der Waals surface area (Å²) in [6.45, 7) is 3.28. The molecule has 21 heavy (non-hydrogen) atoms. The second-order valence-corrected chi connectivity index (χ2v) is 4.50. The second kappa shape index (κ2) is 7.43. The first-order chi connectivity index (χ1) is 10.3. The molecular formula is C17H21NO3. The van der Waals surface area contributed by atoms with E-state index in [-0.39, 0.29) is 0 Å². The van der Waals surface area contributed by atoms with Gasteiger partial charge in [-0.15, -0.1) is 0 Å². The zero-order valence-electron chi connectivity index (χ0n) is 12.7. The smallest absolute Gasteiger partial charge is 0.142 e. The molecule has 0 saturated heterocycles. The first-order valence-electron chi connectivity index (χ1n) is 6.94. The molecule has 0 saturated carbocycles. The maximum atomic E-state index is 5.60. The van der Waals surface area contributed by atoms with Crippen molar-refractivity contribution in [3.05, 3.63) is 48.0 Å². The van der Waals surface area contributed by atoms with Gasteiger partial charge in [-0.25, -0.2) is 0 Å². The quantitative estimate of drug-likeness (QED) is 0.842. The first kappa shape index (κ1) is 15.0. The van der Waals surface area contributed by atoms with Gasteiger partial charge in [0.25, 0.3) is 0 Å². The molecule has 1 N–H and O–H groups in total. The van der Waals surface area contributed by atoms with Gasteiger partial charge in [0.05, 0.1) is 26.5 Å². The molecule has 0 aliphatic rings. The lowest BCUT2D eigenvalue weighted by Crippen LogP contribution is -2.03. The Morgan fingerprint density at radius 3 is 2.24 bits per heavy atom. The van der Waals surface area contributed by atoms with Gasteiger partial charge in [0, 0.05) is 12.6 Å². The molecule has 0 amide bonds. The molecule has 0 atom stereocenters. The predicted molar refractivity (Wildman–Crippen MR) is 84.5 cm³/mol. The van der Waals surface area contributed by atoms with E-state index in [2.05, 4.69) is 5.32 Å². The minimum absolute atomic E-state index is 0.645. The van der Waals surface area contributed by atoms with E-state index in [1.165, 1.54) is 0 Å². The number of para-hydroxylation sites is 2. The van der Waals surface area contributed by atoms with E-state index in [1.54, 1.807) is 14.2 Å². The fourth-order valence-electron chi connectivity index (χ4n) is 2.06. The number of benzene rings is 2. The molecule has 0 aliphatic carbocycles. The van der Waals surface area contributed by atoms with Crippen LogP contribution in [0, 0.1) is 0 Å². The Morgan fingerprint density at radius 2 is 1.62 bits per heavy atom. The van der Waals surface area contributed by atoms with E-state index >= 15 is 0 Å². The summed E-state index contributed by atoms with van der Waals surface area (Å²) in [5.74, 6) is 2.42. The maximum absolute atomic E-state index is 5.60. The highest BCUT2D eigenvalue weighted by molar-refractivity contribution is 5.56. The summed E-state index contributed by atoms with van der Waals surface area (Å²) in [6, 6.07) is 13.7. The van der Waals surface area contributed by atoms with Gasteiger partial charge in [-0.2, -0.15) is 0 Å². The Labute approximate surface area is 125 Å². The molecule has 4 nitrogen and oxygen atoms in total. The third-order valence-electron chi connectivity index (χ3n) is 3.08. The van der Waals surface area contributed by atoms with Gasteiger partial charge in [0.1, 0.15) is 17.2 Å². The molecule has 0 fully saturated rings. The van der Waals surface area contributed by atoms with Gasteiger partial charge >= 0.3 is 0 Å². The lowest BCUT2D eigenvalue weighted by molar-refractivity contribution is 0.341. The fraction of sp³-hybridized carbons (Fsp3) is 0.294. The normalized spacial score (nSPS) is 10.0. The van der Waals surface area contributed by atoms with Crippen LogP contribution < -0.4 is 19.5 Å². The van der Waals surface area contributed by atoms with Crippen molar-refractivity contribution >= 4 is 5.69 Å². The predicted octanol–water partition coefficient (Wildman–Crippen LogP) is 3.71. The topological polar surface area (TPSA) is 39.7 Å². The summed E-state index contributed by atoms with van der Waals surface area (Å²) < 4.78 is 16.2. The van der Waals surface area contributed by atoms with Crippen LogP contribution in [0.15, 0.2) is 42.5 Å². The molecule has 0 aromatic heterocycles.